The Morgan fingerprint density at radius 2 is 2.00 bits per heavy atom. The number of nitrogens with zero attached hydrogens (tertiary/aromatic N) is 2. The van der Waals surface area contributed by atoms with Crippen LogP contribution < -0.4 is 10.0 Å². The van der Waals surface area contributed by atoms with Gasteiger partial charge in [-0.2, -0.15) is 13.2 Å². The van der Waals surface area contributed by atoms with E-state index in [2.05, 4.69) is 10.3 Å². The number of hydrogen-bond donors (Lipinski definition) is 1. The number of alkyl halides is 3. The molecule has 0 saturated carbocycles. The molecule has 0 bridgehead atoms. The molecule has 134 valence electrons. The topological polar surface area (TPSA) is 103 Å². The molecule has 0 unspecified atom stereocenters. The Balaban J connectivity index is 2.36. The second-order valence-corrected chi connectivity index (χ2v) is 7.08. The summed E-state index contributed by atoms with van der Waals surface area (Å²) < 4.78 is 61.4. The van der Waals surface area contributed by atoms with Crippen molar-refractivity contribution in [1.82, 2.24) is 4.98 Å². The van der Waals surface area contributed by atoms with Crippen molar-refractivity contribution in [2.75, 3.05) is 11.1 Å². The van der Waals surface area contributed by atoms with Gasteiger partial charge < -0.3 is 5.21 Å². The normalized spacial score (nSPS) is 12.0. The summed E-state index contributed by atoms with van der Waals surface area (Å²) in [5.41, 5.74) is -1.64. The Morgan fingerprint density at radius 1 is 1.32 bits per heavy atom. The molecule has 0 spiro atoms. The van der Waals surface area contributed by atoms with E-state index in [0.29, 0.717) is 6.07 Å². The van der Waals surface area contributed by atoms with Crippen LogP contribution in [-0.2, 0) is 16.0 Å². The van der Waals surface area contributed by atoms with Crippen LogP contribution in [0.3, 0.4) is 0 Å². The molecule has 1 N–H and O–H groups in total. The monoisotopic (exact) mass is 375 g/mol. The smallest absolute Gasteiger partial charge is 0.419 e. The van der Waals surface area contributed by atoms with Crippen molar-refractivity contribution in [3.63, 3.8) is 0 Å². The van der Waals surface area contributed by atoms with Crippen LogP contribution in [0, 0.1) is 5.21 Å². The fraction of sp³-hybridized carbons (Fsp3) is 0.214. The average Bonchev–Trinajstić information content (AvgIpc) is 2.55. The standard InChI is InChI=1S/C14H12F3N3O4S/c1-2-25(23,24)10-4-3-7-18-12(10)13(21)19-11-6-5-9(8-20(11)22)14(15,16)17/h3-8H,2H2,1H3,(H,19,21). The summed E-state index contributed by atoms with van der Waals surface area (Å²) in [4.78, 5) is 15.6. The molecule has 0 aliphatic heterocycles. The molecule has 0 saturated heterocycles. The van der Waals surface area contributed by atoms with Gasteiger partial charge in [-0.05, 0) is 18.2 Å². The summed E-state index contributed by atoms with van der Waals surface area (Å²) in [6, 6.07) is 3.89. The number of rotatable bonds is 4. The van der Waals surface area contributed by atoms with E-state index in [-0.39, 0.29) is 21.6 Å². The first-order chi connectivity index (χ1) is 11.6. The Labute approximate surface area is 140 Å². The first-order valence-corrected chi connectivity index (χ1v) is 8.51. The second kappa shape index (κ2) is 6.67. The van der Waals surface area contributed by atoms with Crippen molar-refractivity contribution >= 4 is 21.6 Å². The van der Waals surface area contributed by atoms with Gasteiger partial charge >= 0.3 is 12.1 Å². The quantitative estimate of drug-likeness (QED) is 0.648. The molecule has 0 aliphatic rings. The predicted octanol–water partition coefficient (Wildman–Crippen LogP) is 1.78. The van der Waals surface area contributed by atoms with Crippen LogP contribution in [0.1, 0.15) is 23.0 Å². The van der Waals surface area contributed by atoms with Gasteiger partial charge in [-0.1, -0.05) is 6.92 Å². The molecule has 0 atom stereocenters. The molecule has 2 aromatic rings. The van der Waals surface area contributed by atoms with Gasteiger partial charge in [-0.15, -0.1) is 0 Å². The number of carbonyl (C=O) groups excluding carboxylic acids is 1. The van der Waals surface area contributed by atoms with E-state index in [0.717, 1.165) is 6.07 Å². The maximum Gasteiger partial charge on any atom is 0.419 e. The van der Waals surface area contributed by atoms with Crippen LogP contribution in [0.25, 0.3) is 0 Å². The zero-order valence-electron chi connectivity index (χ0n) is 12.7. The number of nitrogens with one attached hydrogen (secondary N) is 1. The Morgan fingerprint density at radius 3 is 2.56 bits per heavy atom. The van der Waals surface area contributed by atoms with Gasteiger partial charge in [-0.3, -0.25) is 0 Å². The van der Waals surface area contributed by atoms with Crippen LogP contribution in [0.5, 0.6) is 0 Å². The van der Waals surface area contributed by atoms with Crippen LogP contribution in [0.15, 0.2) is 41.6 Å². The number of pyridine rings is 2. The van der Waals surface area contributed by atoms with Crippen molar-refractivity contribution in [2.45, 2.75) is 18.0 Å². The fourth-order valence-corrected chi connectivity index (χ4v) is 2.93. The number of sulfone groups is 1. The van der Waals surface area contributed by atoms with E-state index in [4.69, 9.17) is 0 Å². The highest BCUT2D eigenvalue weighted by Gasteiger charge is 2.33. The first kappa shape index (κ1) is 18.6. The number of hydrogen-bond acceptors (Lipinski definition) is 5. The lowest BCUT2D eigenvalue weighted by molar-refractivity contribution is -0.591. The summed E-state index contributed by atoms with van der Waals surface area (Å²) in [6.07, 6.45) is -3.27. The molecule has 0 radical (unpaired) electrons. The number of aromatic nitrogens is 2. The van der Waals surface area contributed by atoms with E-state index in [1.54, 1.807) is 0 Å². The van der Waals surface area contributed by atoms with E-state index < -0.39 is 39.0 Å². The maximum atomic E-state index is 12.5. The van der Waals surface area contributed by atoms with Crippen LogP contribution in [0.4, 0.5) is 19.0 Å². The van der Waals surface area contributed by atoms with Crippen LogP contribution in [0.2, 0.25) is 0 Å². The minimum absolute atomic E-state index is 0.169. The van der Waals surface area contributed by atoms with Crippen molar-refractivity contribution in [1.29, 1.82) is 0 Å². The molecule has 7 nitrogen and oxygen atoms in total. The zero-order valence-corrected chi connectivity index (χ0v) is 13.6. The highest BCUT2D eigenvalue weighted by atomic mass is 32.2. The molecule has 2 aromatic heterocycles. The summed E-state index contributed by atoms with van der Waals surface area (Å²) in [5, 5.41) is 13.7. The minimum atomic E-state index is -4.71. The van der Waals surface area contributed by atoms with Crippen molar-refractivity contribution in [2.24, 2.45) is 0 Å². The van der Waals surface area contributed by atoms with Gasteiger partial charge in [0.15, 0.2) is 15.5 Å². The van der Waals surface area contributed by atoms with Gasteiger partial charge in [0.25, 0.3) is 5.82 Å². The Hall–Kier alpha value is -2.69. The van der Waals surface area contributed by atoms with E-state index in [1.807, 2.05) is 0 Å². The molecule has 0 aromatic carbocycles. The van der Waals surface area contributed by atoms with Gasteiger partial charge in [-0.25, -0.2) is 28.2 Å². The summed E-state index contributed by atoms with van der Waals surface area (Å²) in [5.74, 6) is -1.80. The van der Waals surface area contributed by atoms with Gasteiger partial charge in [0.05, 0.1) is 11.3 Å². The fourth-order valence-electron chi connectivity index (χ4n) is 1.89. The molecule has 0 aliphatic carbocycles. The van der Waals surface area contributed by atoms with Gasteiger partial charge in [0, 0.05) is 12.3 Å². The number of amides is 1. The van der Waals surface area contributed by atoms with Crippen molar-refractivity contribution in [3.05, 3.63) is 53.1 Å². The SMILES string of the molecule is CCS(=O)(=O)c1cccnc1C(=O)Nc1ccc(C(F)(F)F)c[n+]1[O-]. The summed E-state index contributed by atoms with van der Waals surface area (Å²) in [7, 11) is -3.76. The molecule has 2 heterocycles. The van der Waals surface area contributed by atoms with E-state index in [1.165, 1.54) is 25.3 Å². The van der Waals surface area contributed by atoms with Crippen LogP contribution in [-0.4, -0.2) is 25.1 Å². The van der Waals surface area contributed by atoms with Crippen LogP contribution >= 0.6 is 0 Å². The largest absolute Gasteiger partial charge is 0.711 e. The lowest BCUT2D eigenvalue weighted by atomic mass is 10.2. The molecule has 1 amide bonds. The van der Waals surface area contributed by atoms with E-state index in [9.17, 15) is 31.6 Å². The average molecular weight is 375 g/mol. The van der Waals surface area contributed by atoms with Gasteiger partial charge in [0.2, 0.25) is 0 Å². The van der Waals surface area contributed by atoms with Gasteiger partial charge in [0.1, 0.15) is 11.1 Å². The predicted molar refractivity (Wildman–Crippen MR) is 80.3 cm³/mol. The molecule has 11 heteroatoms. The number of anilines is 1. The lowest BCUT2D eigenvalue weighted by Gasteiger charge is -2.12. The second-order valence-electron chi connectivity index (χ2n) is 4.83. The summed E-state index contributed by atoms with van der Waals surface area (Å²) >= 11 is 0. The minimum Gasteiger partial charge on any atom is -0.711 e. The molecule has 0 fully saturated rings. The maximum absolute atomic E-state index is 12.5. The highest BCUT2D eigenvalue weighted by Crippen LogP contribution is 2.28. The third kappa shape index (κ3) is 4.05. The molecular weight excluding hydrogens is 363 g/mol. The third-order valence-electron chi connectivity index (χ3n) is 3.18. The zero-order chi connectivity index (χ0) is 18.8. The summed E-state index contributed by atoms with van der Waals surface area (Å²) in [6.45, 7) is 1.38. The first-order valence-electron chi connectivity index (χ1n) is 6.86. The Kier molecular flexibility index (Phi) is 4.97. The molecular formula is C14H12F3N3O4S. The third-order valence-corrected chi connectivity index (χ3v) is 4.94. The van der Waals surface area contributed by atoms with Crippen molar-refractivity contribution < 1.29 is 31.1 Å². The van der Waals surface area contributed by atoms with E-state index >= 15 is 0 Å². The lowest BCUT2D eigenvalue weighted by Crippen LogP contribution is -2.34. The number of halogens is 3. The molecule has 2 rings (SSSR count). The Bertz CT molecular complexity index is 914. The molecule has 25 heavy (non-hydrogen) atoms. The van der Waals surface area contributed by atoms with Crippen molar-refractivity contribution in [3.8, 4) is 0 Å². The highest BCUT2D eigenvalue weighted by molar-refractivity contribution is 7.91. The number of carbonyl (C=O) groups is 1.